The van der Waals surface area contributed by atoms with Gasteiger partial charge in [0.15, 0.2) is 0 Å². The van der Waals surface area contributed by atoms with E-state index in [0.717, 1.165) is 19.3 Å². The van der Waals surface area contributed by atoms with Crippen LogP contribution in [-0.4, -0.2) is 49.3 Å². The van der Waals surface area contributed by atoms with Gasteiger partial charge in [-0.15, -0.1) is 0 Å². The van der Waals surface area contributed by atoms with Gasteiger partial charge in [-0.2, -0.15) is 0 Å². The summed E-state index contributed by atoms with van der Waals surface area (Å²) in [5.74, 6) is 0.561. The SMILES string of the molecule is COC(=O)N1CCC(NC(=O)NC2CCCCC2C)CC1. The minimum atomic E-state index is -0.283. The van der Waals surface area contributed by atoms with Crippen LogP contribution in [0.25, 0.3) is 0 Å². The molecular weight excluding hydrogens is 270 g/mol. The summed E-state index contributed by atoms with van der Waals surface area (Å²) in [4.78, 5) is 25.1. The van der Waals surface area contributed by atoms with Gasteiger partial charge in [-0.25, -0.2) is 9.59 Å². The zero-order chi connectivity index (χ0) is 15.2. The van der Waals surface area contributed by atoms with Crippen LogP contribution in [0.3, 0.4) is 0 Å². The number of likely N-dealkylation sites (tertiary alicyclic amines) is 1. The third-order valence-corrected chi connectivity index (χ3v) is 4.69. The molecule has 0 aromatic heterocycles. The van der Waals surface area contributed by atoms with Crippen LogP contribution in [0.4, 0.5) is 9.59 Å². The van der Waals surface area contributed by atoms with Crippen molar-refractivity contribution in [3.8, 4) is 0 Å². The number of nitrogens with zero attached hydrogens (tertiary/aromatic N) is 1. The van der Waals surface area contributed by atoms with E-state index in [9.17, 15) is 9.59 Å². The summed E-state index contributed by atoms with van der Waals surface area (Å²) in [5.41, 5.74) is 0. The summed E-state index contributed by atoms with van der Waals surface area (Å²) < 4.78 is 4.71. The van der Waals surface area contributed by atoms with E-state index in [1.807, 2.05) is 0 Å². The van der Waals surface area contributed by atoms with Gasteiger partial charge in [-0.3, -0.25) is 0 Å². The second kappa shape index (κ2) is 7.52. The Hall–Kier alpha value is -1.46. The van der Waals surface area contributed by atoms with Crippen LogP contribution in [0.15, 0.2) is 0 Å². The molecule has 2 atom stereocenters. The molecule has 1 saturated carbocycles. The van der Waals surface area contributed by atoms with Gasteiger partial charge in [-0.1, -0.05) is 19.8 Å². The van der Waals surface area contributed by atoms with Crippen molar-refractivity contribution in [1.29, 1.82) is 0 Å². The van der Waals surface area contributed by atoms with Crippen molar-refractivity contribution in [2.45, 2.75) is 57.5 Å². The first-order valence-electron chi connectivity index (χ1n) is 8.00. The highest BCUT2D eigenvalue weighted by Crippen LogP contribution is 2.23. The number of rotatable bonds is 2. The number of hydrogen-bond donors (Lipinski definition) is 2. The number of nitrogens with one attached hydrogen (secondary N) is 2. The molecule has 0 bridgehead atoms. The maximum atomic E-state index is 12.1. The molecule has 21 heavy (non-hydrogen) atoms. The minimum Gasteiger partial charge on any atom is -0.453 e. The summed E-state index contributed by atoms with van der Waals surface area (Å²) in [6.07, 6.45) is 6.03. The summed E-state index contributed by atoms with van der Waals surface area (Å²) in [6.45, 7) is 3.48. The molecular formula is C15H27N3O3. The predicted molar refractivity (Wildman–Crippen MR) is 80.1 cm³/mol. The summed E-state index contributed by atoms with van der Waals surface area (Å²) in [7, 11) is 1.39. The molecule has 1 aliphatic heterocycles. The molecule has 1 saturated heterocycles. The predicted octanol–water partition coefficient (Wildman–Crippen LogP) is 2.10. The fraction of sp³-hybridized carbons (Fsp3) is 0.867. The van der Waals surface area contributed by atoms with E-state index in [0.29, 0.717) is 25.0 Å². The van der Waals surface area contributed by atoms with E-state index in [1.54, 1.807) is 4.90 Å². The summed E-state index contributed by atoms with van der Waals surface area (Å²) in [6, 6.07) is 0.379. The molecule has 2 unspecified atom stereocenters. The Bertz CT molecular complexity index is 367. The standard InChI is InChI=1S/C15H27N3O3/c1-11-5-3-4-6-13(11)17-14(19)16-12-7-9-18(10-8-12)15(20)21-2/h11-13H,3-10H2,1-2H3,(H2,16,17,19). The highest BCUT2D eigenvalue weighted by atomic mass is 16.5. The highest BCUT2D eigenvalue weighted by molar-refractivity contribution is 5.74. The molecule has 1 aliphatic carbocycles. The molecule has 2 fully saturated rings. The minimum absolute atomic E-state index is 0.0646. The molecule has 3 amide bonds. The molecule has 2 rings (SSSR count). The molecule has 0 radical (unpaired) electrons. The normalized spacial score (nSPS) is 27.0. The number of hydrogen-bond acceptors (Lipinski definition) is 3. The number of methoxy groups -OCH3 is 1. The molecule has 0 aromatic rings. The van der Waals surface area contributed by atoms with Gasteiger partial charge in [0.1, 0.15) is 0 Å². The number of carbonyl (C=O) groups is 2. The van der Waals surface area contributed by atoms with E-state index in [-0.39, 0.29) is 18.2 Å². The lowest BCUT2D eigenvalue weighted by atomic mass is 9.86. The fourth-order valence-corrected chi connectivity index (χ4v) is 3.26. The van der Waals surface area contributed by atoms with Gasteiger partial charge in [0.05, 0.1) is 7.11 Å². The van der Waals surface area contributed by atoms with E-state index < -0.39 is 0 Å². The van der Waals surface area contributed by atoms with E-state index >= 15 is 0 Å². The van der Waals surface area contributed by atoms with Crippen LogP contribution in [0.2, 0.25) is 0 Å². The van der Waals surface area contributed by atoms with Gasteiger partial charge in [-0.05, 0) is 31.6 Å². The van der Waals surface area contributed by atoms with Gasteiger partial charge in [0, 0.05) is 25.2 Å². The maximum Gasteiger partial charge on any atom is 0.409 e. The highest BCUT2D eigenvalue weighted by Gasteiger charge is 2.26. The number of urea groups is 1. The Morgan fingerprint density at radius 2 is 1.71 bits per heavy atom. The topological polar surface area (TPSA) is 70.7 Å². The Morgan fingerprint density at radius 1 is 1.05 bits per heavy atom. The van der Waals surface area contributed by atoms with E-state index in [4.69, 9.17) is 4.74 Å². The Labute approximate surface area is 126 Å². The van der Waals surface area contributed by atoms with Crippen LogP contribution in [-0.2, 0) is 4.74 Å². The lowest BCUT2D eigenvalue weighted by Gasteiger charge is -2.33. The van der Waals surface area contributed by atoms with Crippen LogP contribution in [0, 0.1) is 5.92 Å². The first kappa shape index (κ1) is 15.9. The monoisotopic (exact) mass is 297 g/mol. The molecule has 2 aliphatic rings. The molecule has 6 nitrogen and oxygen atoms in total. The van der Waals surface area contributed by atoms with Gasteiger partial charge in [0.25, 0.3) is 0 Å². The average molecular weight is 297 g/mol. The third-order valence-electron chi connectivity index (χ3n) is 4.69. The molecule has 2 N–H and O–H groups in total. The van der Waals surface area contributed by atoms with Crippen molar-refractivity contribution in [3.05, 3.63) is 0 Å². The number of ether oxygens (including phenoxy) is 1. The Kier molecular flexibility index (Phi) is 5.70. The lowest BCUT2D eigenvalue weighted by molar-refractivity contribution is 0.110. The van der Waals surface area contributed by atoms with Crippen LogP contribution in [0.1, 0.15) is 45.4 Å². The molecule has 0 aromatic carbocycles. The Balaban J connectivity index is 1.70. The Morgan fingerprint density at radius 3 is 2.33 bits per heavy atom. The lowest BCUT2D eigenvalue weighted by Crippen LogP contribution is -2.52. The zero-order valence-electron chi connectivity index (χ0n) is 13.1. The zero-order valence-corrected chi connectivity index (χ0v) is 13.1. The molecule has 6 heteroatoms. The third kappa shape index (κ3) is 4.51. The fourth-order valence-electron chi connectivity index (χ4n) is 3.26. The van der Waals surface area contributed by atoms with Gasteiger partial charge in [0.2, 0.25) is 0 Å². The van der Waals surface area contributed by atoms with E-state index in [1.165, 1.54) is 26.4 Å². The number of piperidine rings is 1. The smallest absolute Gasteiger partial charge is 0.409 e. The number of carbonyl (C=O) groups excluding carboxylic acids is 2. The van der Waals surface area contributed by atoms with Gasteiger partial charge < -0.3 is 20.3 Å². The van der Waals surface area contributed by atoms with Crippen molar-refractivity contribution in [1.82, 2.24) is 15.5 Å². The quantitative estimate of drug-likeness (QED) is 0.820. The van der Waals surface area contributed by atoms with Crippen molar-refractivity contribution >= 4 is 12.1 Å². The average Bonchev–Trinajstić information content (AvgIpc) is 2.49. The van der Waals surface area contributed by atoms with Crippen LogP contribution < -0.4 is 10.6 Å². The van der Waals surface area contributed by atoms with Crippen molar-refractivity contribution in [2.75, 3.05) is 20.2 Å². The first-order valence-corrected chi connectivity index (χ1v) is 8.00. The summed E-state index contributed by atoms with van der Waals surface area (Å²) >= 11 is 0. The van der Waals surface area contributed by atoms with Crippen LogP contribution >= 0.6 is 0 Å². The molecule has 1 heterocycles. The summed E-state index contributed by atoms with van der Waals surface area (Å²) in [5, 5.41) is 6.14. The van der Waals surface area contributed by atoms with Crippen molar-refractivity contribution in [2.24, 2.45) is 5.92 Å². The second-order valence-electron chi connectivity index (χ2n) is 6.22. The van der Waals surface area contributed by atoms with Gasteiger partial charge >= 0.3 is 12.1 Å². The van der Waals surface area contributed by atoms with Crippen LogP contribution in [0.5, 0.6) is 0 Å². The first-order chi connectivity index (χ1) is 10.1. The number of amides is 3. The molecule has 0 spiro atoms. The largest absolute Gasteiger partial charge is 0.453 e. The second-order valence-corrected chi connectivity index (χ2v) is 6.22. The van der Waals surface area contributed by atoms with Crippen molar-refractivity contribution in [3.63, 3.8) is 0 Å². The van der Waals surface area contributed by atoms with Crippen molar-refractivity contribution < 1.29 is 14.3 Å². The van der Waals surface area contributed by atoms with E-state index in [2.05, 4.69) is 17.6 Å². The molecule has 120 valence electrons. The maximum absolute atomic E-state index is 12.1.